The average Bonchev–Trinajstić information content (AvgIpc) is 2.48. The highest BCUT2D eigenvalue weighted by molar-refractivity contribution is 7.80. The topological polar surface area (TPSA) is 111 Å². The van der Waals surface area contributed by atoms with Gasteiger partial charge in [0.15, 0.2) is 0 Å². The molecule has 0 unspecified atom stereocenters. The molecule has 0 spiro atoms. The molecule has 0 fully saturated rings. The third-order valence-corrected chi connectivity index (χ3v) is 3.07. The first-order chi connectivity index (χ1) is 10.0. The van der Waals surface area contributed by atoms with Crippen molar-refractivity contribution in [3.8, 4) is 0 Å². The van der Waals surface area contributed by atoms with Gasteiger partial charge in [0.25, 0.3) is 0 Å². The molecule has 0 rings (SSSR count). The fraction of sp³-hybridized carbons (Fsp3) is 0.769. The van der Waals surface area contributed by atoms with Gasteiger partial charge in [-0.3, -0.25) is 14.4 Å². The number of hydrogen-bond acceptors (Lipinski definition) is 6. The molecule has 0 saturated carbocycles. The Bertz CT molecular complexity index is 339. The first kappa shape index (κ1) is 19.7. The highest BCUT2D eigenvalue weighted by Gasteiger charge is 2.23. The van der Waals surface area contributed by atoms with E-state index in [1.165, 1.54) is 7.11 Å². The molecule has 2 amide bonds. The Kier molecular flexibility index (Phi) is 11.7. The molecule has 8 heteroatoms. The molecule has 0 aliphatic heterocycles. The molecule has 0 aromatic rings. The van der Waals surface area contributed by atoms with Gasteiger partial charge >= 0.3 is 5.97 Å². The maximum absolute atomic E-state index is 11.9. The Morgan fingerprint density at radius 1 is 1.24 bits per heavy atom. The zero-order chi connectivity index (χ0) is 16.1. The molecule has 0 aliphatic rings. The van der Waals surface area contributed by atoms with Crippen LogP contribution in [-0.2, 0) is 19.1 Å². The van der Waals surface area contributed by atoms with E-state index in [1.807, 2.05) is 0 Å². The molecule has 0 bridgehead atoms. The lowest BCUT2D eigenvalue weighted by molar-refractivity contribution is -0.143. The number of methoxy groups -OCH3 is 1. The Morgan fingerprint density at radius 3 is 2.52 bits per heavy atom. The first-order valence-corrected chi connectivity index (χ1v) is 7.63. The van der Waals surface area contributed by atoms with Gasteiger partial charge in [-0.05, 0) is 18.6 Å². The van der Waals surface area contributed by atoms with E-state index < -0.39 is 17.9 Å². The van der Waals surface area contributed by atoms with Crippen molar-refractivity contribution in [3.63, 3.8) is 0 Å². The summed E-state index contributed by atoms with van der Waals surface area (Å²) < 4.78 is 4.53. The predicted octanol–water partition coefficient (Wildman–Crippen LogP) is -0.401. The van der Waals surface area contributed by atoms with Gasteiger partial charge in [-0.15, -0.1) is 0 Å². The number of unbranched alkanes of at least 4 members (excludes halogenated alkanes) is 2. The van der Waals surface area contributed by atoms with Crippen molar-refractivity contribution in [2.45, 2.75) is 38.1 Å². The predicted molar refractivity (Wildman–Crippen MR) is 82.9 cm³/mol. The normalized spacial score (nSPS) is 11.6. The number of nitrogens with two attached hydrogens (primary N) is 1. The summed E-state index contributed by atoms with van der Waals surface area (Å²) in [7, 11) is 1.23. The minimum Gasteiger partial charge on any atom is -0.469 e. The van der Waals surface area contributed by atoms with Crippen LogP contribution in [0.2, 0.25) is 0 Å². The molecule has 122 valence electrons. The summed E-state index contributed by atoms with van der Waals surface area (Å²) in [6.45, 7) is 0.572. The van der Waals surface area contributed by atoms with Crippen LogP contribution in [0.4, 0.5) is 0 Å². The standard InChI is InChI=1S/C13H25N3O4S/c1-20-12(18)9-10(13(19)15-7-6-14)16-11(17)5-3-2-4-8-21/h10,21H,2-9,14H2,1H3,(H,15,19)(H,16,17)/t10-/m0/s1. The largest absolute Gasteiger partial charge is 0.469 e. The van der Waals surface area contributed by atoms with Gasteiger partial charge in [0.2, 0.25) is 11.8 Å². The summed E-state index contributed by atoms with van der Waals surface area (Å²) in [4.78, 5) is 34.9. The van der Waals surface area contributed by atoms with Crippen molar-refractivity contribution in [1.29, 1.82) is 0 Å². The minimum atomic E-state index is -0.929. The van der Waals surface area contributed by atoms with E-state index >= 15 is 0 Å². The zero-order valence-corrected chi connectivity index (χ0v) is 13.3. The summed E-state index contributed by atoms with van der Waals surface area (Å²) >= 11 is 4.09. The highest BCUT2D eigenvalue weighted by atomic mass is 32.1. The summed E-state index contributed by atoms with van der Waals surface area (Å²) in [6.07, 6.45) is 2.68. The lowest BCUT2D eigenvalue weighted by atomic mass is 10.1. The van der Waals surface area contributed by atoms with Crippen molar-refractivity contribution in [2.24, 2.45) is 5.73 Å². The van der Waals surface area contributed by atoms with Gasteiger partial charge in [-0.2, -0.15) is 12.6 Å². The number of amides is 2. The van der Waals surface area contributed by atoms with E-state index in [9.17, 15) is 14.4 Å². The monoisotopic (exact) mass is 319 g/mol. The van der Waals surface area contributed by atoms with Crippen molar-refractivity contribution in [1.82, 2.24) is 10.6 Å². The second kappa shape index (κ2) is 12.5. The smallest absolute Gasteiger partial charge is 0.308 e. The average molecular weight is 319 g/mol. The Morgan fingerprint density at radius 2 is 1.95 bits per heavy atom. The van der Waals surface area contributed by atoms with Gasteiger partial charge in [0.1, 0.15) is 6.04 Å². The number of carbonyl (C=O) groups is 3. The Hall–Kier alpha value is -1.28. The van der Waals surface area contributed by atoms with Crippen LogP contribution < -0.4 is 16.4 Å². The highest BCUT2D eigenvalue weighted by Crippen LogP contribution is 2.02. The van der Waals surface area contributed by atoms with Crippen LogP contribution in [0.25, 0.3) is 0 Å². The van der Waals surface area contributed by atoms with Crippen molar-refractivity contribution >= 4 is 30.4 Å². The van der Waals surface area contributed by atoms with Crippen molar-refractivity contribution in [2.75, 3.05) is 26.0 Å². The van der Waals surface area contributed by atoms with Crippen molar-refractivity contribution < 1.29 is 19.1 Å². The lowest BCUT2D eigenvalue weighted by Gasteiger charge is -2.17. The van der Waals surface area contributed by atoms with Crippen LogP contribution in [0.5, 0.6) is 0 Å². The van der Waals surface area contributed by atoms with Crippen LogP contribution in [-0.4, -0.2) is 49.8 Å². The number of hydrogen-bond donors (Lipinski definition) is 4. The molecule has 4 N–H and O–H groups in total. The maximum atomic E-state index is 11.9. The van der Waals surface area contributed by atoms with E-state index in [2.05, 4.69) is 28.0 Å². The van der Waals surface area contributed by atoms with Gasteiger partial charge in [-0.25, -0.2) is 0 Å². The second-order valence-corrected chi connectivity index (χ2v) is 4.96. The fourth-order valence-corrected chi connectivity index (χ4v) is 1.84. The van der Waals surface area contributed by atoms with Gasteiger partial charge in [-0.1, -0.05) is 6.42 Å². The van der Waals surface area contributed by atoms with Gasteiger partial charge < -0.3 is 21.1 Å². The molecule has 0 aromatic carbocycles. The third kappa shape index (κ3) is 10.1. The number of thiol groups is 1. The molecule has 0 aromatic heterocycles. The molecule has 0 saturated heterocycles. The van der Waals surface area contributed by atoms with Crippen LogP contribution in [0.3, 0.4) is 0 Å². The lowest BCUT2D eigenvalue weighted by Crippen LogP contribution is -2.48. The molecule has 0 radical (unpaired) electrons. The Balaban J connectivity index is 4.33. The van der Waals surface area contributed by atoms with Crippen LogP contribution in [0.15, 0.2) is 0 Å². The molecule has 1 atom stereocenters. The van der Waals surface area contributed by atoms with Crippen LogP contribution >= 0.6 is 12.6 Å². The quantitative estimate of drug-likeness (QED) is 0.235. The molecular weight excluding hydrogens is 294 g/mol. The van der Waals surface area contributed by atoms with Gasteiger partial charge in [0, 0.05) is 19.5 Å². The minimum absolute atomic E-state index is 0.199. The van der Waals surface area contributed by atoms with E-state index in [0.29, 0.717) is 6.42 Å². The number of carbonyl (C=O) groups excluding carboxylic acids is 3. The number of ether oxygens (including phenoxy) is 1. The first-order valence-electron chi connectivity index (χ1n) is 7.00. The van der Waals surface area contributed by atoms with E-state index in [4.69, 9.17) is 5.73 Å². The summed E-state index contributed by atoms with van der Waals surface area (Å²) in [6, 6.07) is -0.929. The number of esters is 1. The number of nitrogens with one attached hydrogen (secondary N) is 2. The van der Waals surface area contributed by atoms with E-state index in [1.54, 1.807) is 0 Å². The summed E-state index contributed by atoms with van der Waals surface area (Å²) in [5, 5.41) is 5.10. The van der Waals surface area contributed by atoms with Gasteiger partial charge in [0.05, 0.1) is 13.5 Å². The maximum Gasteiger partial charge on any atom is 0.308 e. The summed E-state index contributed by atoms with van der Waals surface area (Å²) in [5.74, 6) is -0.465. The van der Waals surface area contributed by atoms with Crippen LogP contribution in [0, 0.1) is 0 Å². The SMILES string of the molecule is COC(=O)C[C@H](NC(=O)CCCCCS)C(=O)NCCN. The summed E-state index contributed by atoms with van der Waals surface area (Å²) in [5.41, 5.74) is 5.30. The van der Waals surface area contributed by atoms with E-state index in [0.717, 1.165) is 25.0 Å². The molecule has 21 heavy (non-hydrogen) atoms. The van der Waals surface area contributed by atoms with Crippen molar-refractivity contribution in [3.05, 3.63) is 0 Å². The van der Waals surface area contributed by atoms with E-state index in [-0.39, 0.29) is 25.4 Å². The number of rotatable bonds is 11. The Labute approximate surface area is 130 Å². The third-order valence-electron chi connectivity index (χ3n) is 2.76. The zero-order valence-electron chi connectivity index (χ0n) is 12.4. The molecule has 0 heterocycles. The van der Waals surface area contributed by atoms with Crippen LogP contribution in [0.1, 0.15) is 32.1 Å². The molecular formula is C13H25N3O4S. The molecule has 7 nitrogen and oxygen atoms in total. The fourth-order valence-electron chi connectivity index (χ4n) is 1.62. The second-order valence-electron chi connectivity index (χ2n) is 4.51. The molecule has 0 aliphatic carbocycles.